The second-order valence-electron chi connectivity index (χ2n) is 1.67. The van der Waals surface area contributed by atoms with Gasteiger partial charge in [0, 0.05) is 6.21 Å². The first-order chi connectivity index (χ1) is 4.85. The summed E-state index contributed by atoms with van der Waals surface area (Å²) in [5.74, 6) is 0. The standard InChI is InChI=1S/C8H13NS/c1-4-6-8(7-10-3)9-5-2/h4-7H,1-3H3/b6-4-,8-7-,9-5?. The predicted octanol–water partition coefficient (Wildman–Crippen LogP) is 2.86. The molecule has 2 heteroatoms. The van der Waals surface area contributed by atoms with Gasteiger partial charge >= 0.3 is 0 Å². The van der Waals surface area contributed by atoms with E-state index in [4.69, 9.17) is 0 Å². The second kappa shape index (κ2) is 6.62. The van der Waals surface area contributed by atoms with Gasteiger partial charge in [-0.05, 0) is 31.6 Å². The molecule has 1 nitrogen and oxygen atoms in total. The van der Waals surface area contributed by atoms with Gasteiger partial charge in [0.05, 0.1) is 5.70 Å². The summed E-state index contributed by atoms with van der Waals surface area (Å²) in [4.78, 5) is 4.13. The summed E-state index contributed by atoms with van der Waals surface area (Å²) in [7, 11) is 0. The Morgan fingerprint density at radius 1 is 1.40 bits per heavy atom. The highest BCUT2D eigenvalue weighted by atomic mass is 32.2. The molecule has 0 amide bonds. The van der Waals surface area contributed by atoms with Crippen molar-refractivity contribution in [3.05, 3.63) is 23.3 Å². The third-order valence-corrected chi connectivity index (χ3v) is 1.33. The number of aliphatic imine (C=N–C) groups is 1. The van der Waals surface area contributed by atoms with Crippen molar-refractivity contribution in [2.45, 2.75) is 13.8 Å². The maximum Gasteiger partial charge on any atom is 0.0685 e. The molecule has 0 aliphatic rings. The van der Waals surface area contributed by atoms with Crippen molar-refractivity contribution >= 4 is 18.0 Å². The van der Waals surface area contributed by atoms with Gasteiger partial charge in [-0.3, -0.25) is 4.99 Å². The molecule has 0 aromatic rings. The van der Waals surface area contributed by atoms with Crippen LogP contribution in [-0.2, 0) is 0 Å². The van der Waals surface area contributed by atoms with Crippen LogP contribution in [0, 0.1) is 0 Å². The van der Waals surface area contributed by atoms with Gasteiger partial charge in [0.25, 0.3) is 0 Å². The van der Waals surface area contributed by atoms with Crippen LogP contribution < -0.4 is 0 Å². The molecule has 0 saturated heterocycles. The van der Waals surface area contributed by atoms with Gasteiger partial charge in [-0.15, -0.1) is 11.8 Å². The number of hydrogen-bond acceptors (Lipinski definition) is 2. The fourth-order valence-corrected chi connectivity index (χ4v) is 0.934. The third-order valence-electron chi connectivity index (χ3n) is 0.854. The maximum atomic E-state index is 4.13. The predicted molar refractivity (Wildman–Crippen MR) is 50.6 cm³/mol. The molecule has 10 heavy (non-hydrogen) atoms. The van der Waals surface area contributed by atoms with E-state index in [1.165, 1.54) is 0 Å². The lowest BCUT2D eigenvalue weighted by atomic mass is 10.4. The summed E-state index contributed by atoms with van der Waals surface area (Å²) >= 11 is 1.66. The zero-order valence-electron chi connectivity index (χ0n) is 6.66. The molecular weight excluding hydrogens is 142 g/mol. The second-order valence-corrected chi connectivity index (χ2v) is 2.37. The van der Waals surface area contributed by atoms with Gasteiger partial charge in [-0.1, -0.05) is 6.08 Å². The first-order valence-corrected chi connectivity index (χ1v) is 4.48. The minimum atomic E-state index is 1.01. The summed E-state index contributed by atoms with van der Waals surface area (Å²) in [6.45, 7) is 3.90. The molecule has 0 bridgehead atoms. The molecule has 0 saturated carbocycles. The molecule has 0 fully saturated rings. The zero-order chi connectivity index (χ0) is 7.82. The van der Waals surface area contributed by atoms with Crippen LogP contribution in [0.4, 0.5) is 0 Å². The first kappa shape index (κ1) is 9.50. The lowest BCUT2D eigenvalue weighted by Gasteiger charge is -1.89. The number of allylic oxidation sites excluding steroid dienone is 2. The number of rotatable bonds is 3. The maximum absolute atomic E-state index is 4.13. The van der Waals surface area contributed by atoms with Crippen LogP contribution in [-0.4, -0.2) is 12.5 Å². The molecule has 0 rings (SSSR count). The van der Waals surface area contributed by atoms with Crippen LogP contribution in [0.25, 0.3) is 0 Å². The Morgan fingerprint density at radius 2 is 2.10 bits per heavy atom. The molecular formula is C8H13NS. The van der Waals surface area contributed by atoms with Crippen LogP contribution in [0.2, 0.25) is 0 Å². The Bertz CT molecular complexity index is 143. The lowest BCUT2D eigenvalue weighted by molar-refractivity contribution is 1.42. The first-order valence-electron chi connectivity index (χ1n) is 3.19. The summed E-state index contributed by atoms with van der Waals surface area (Å²) in [5.41, 5.74) is 1.01. The summed E-state index contributed by atoms with van der Waals surface area (Å²) in [6.07, 6.45) is 7.78. The van der Waals surface area contributed by atoms with Crippen LogP contribution in [0.15, 0.2) is 28.2 Å². The molecule has 0 spiro atoms. The average Bonchev–Trinajstić information content (AvgIpc) is 1.90. The highest BCUT2D eigenvalue weighted by molar-refractivity contribution is 8.01. The molecule has 0 radical (unpaired) electrons. The van der Waals surface area contributed by atoms with Gasteiger partial charge in [0.15, 0.2) is 0 Å². The molecule has 0 aliphatic heterocycles. The van der Waals surface area contributed by atoms with Crippen molar-refractivity contribution in [3.63, 3.8) is 0 Å². The SMILES string of the molecule is CC=NC(/C=C\C)=C\SC. The topological polar surface area (TPSA) is 12.4 Å². The number of thioether (sulfide) groups is 1. The Balaban J connectivity index is 4.11. The zero-order valence-corrected chi connectivity index (χ0v) is 7.48. The molecule has 56 valence electrons. The lowest BCUT2D eigenvalue weighted by Crippen LogP contribution is -1.69. The van der Waals surface area contributed by atoms with Gasteiger partial charge in [0.2, 0.25) is 0 Å². The Hall–Kier alpha value is -0.500. The van der Waals surface area contributed by atoms with Gasteiger partial charge < -0.3 is 0 Å². The number of hydrogen-bond donors (Lipinski definition) is 0. The van der Waals surface area contributed by atoms with Crippen molar-refractivity contribution in [1.29, 1.82) is 0 Å². The molecule has 0 N–H and O–H groups in total. The van der Waals surface area contributed by atoms with E-state index in [1.807, 2.05) is 37.7 Å². The minimum Gasteiger partial charge on any atom is -0.261 e. The molecule has 0 heterocycles. The third kappa shape index (κ3) is 4.39. The average molecular weight is 155 g/mol. The van der Waals surface area contributed by atoms with Gasteiger partial charge in [-0.25, -0.2) is 0 Å². The van der Waals surface area contributed by atoms with E-state index in [1.54, 1.807) is 18.0 Å². The van der Waals surface area contributed by atoms with E-state index < -0.39 is 0 Å². The van der Waals surface area contributed by atoms with Crippen LogP contribution in [0.1, 0.15) is 13.8 Å². The Kier molecular flexibility index (Phi) is 6.29. The molecule has 0 unspecified atom stereocenters. The van der Waals surface area contributed by atoms with E-state index in [0.29, 0.717) is 0 Å². The van der Waals surface area contributed by atoms with Crippen LogP contribution >= 0.6 is 11.8 Å². The molecule has 0 aliphatic carbocycles. The van der Waals surface area contributed by atoms with Crippen molar-refractivity contribution in [3.8, 4) is 0 Å². The highest BCUT2D eigenvalue weighted by Crippen LogP contribution is 2.05. The summed E-state index contributed by atoms with van der Waals surface area (Å²) in [6, 6.07) is 0. The summed E-state index contributed by atoms with van der Waals surface area (Å²) in [5, 5.41) is 2.01. The van der Waals surface area contributed by atoms with E-state index in [2.05, 4.69) is 4.99 Å². The van der Waals surface area contributed by atoms with E-state index in [9.17, 15) is 0 Å². The van der Waals surface area contributed by atoms with E-state index in [-0.39, 0.29) is 0 Å². The van der Waals surface area contributed by atoms with Crippen molar-refractivity contribution in [2.24, 2.45) is 4.99 Å². The fraction of sp³-hybridized carbons (Fsp3) is 0.375. The van der Waals surface area contributed by atoms with Crippen molar-refractivity contribution < 1.29 is 0 Å². The minimum absolute atomic E-state index is 1.01. The van der Waals surface area contributed by atoms with E-state index in [0.717, 1.165) is 5.70 Å². The molecule has 0 atom stereocenters. The van der Waals surface area contributed by atoms with Crippen LogP contribution in [0.3, 0.4) is 0 Å². The van der Waals surface area contributed by atoms with Crippen molar-refractivity contribution in [2.75, 3.05) is 6.26 Å². The van der Waals surface area contributed by atoms with Gasteiger partial charge in [-0.2, -0.15) is 0 Å². The fourth-order valence-electron chi connectivity index (χ4n) is 0.553. The van der Waals surface area contributed by atoms with E-state index >= 15 is 0 Å². The molecule has 0 aromatic carbocycles. The highest BCUT2D eigenvalue weighted by Gasteiger charge is 1.81. The summed E-state index contributed by atoms with van der Waals surface area (Å²) < 4.78 is 0. The quantitative estimate of drug-likeness (QED) is 0.451. The normalized spacial score (nSPS) is 13.7. The van der Waals surface area contributed by atoms with Crippen molar-refractivity contribution in [1.82, 2.24) is 0 Å². The smallest absolute Gasteiger partial charge is 0.0685 e. The van der Waals surface area contributed by atoms with Gasteiger partial charge in [0.1, 0.15) is 0 Å². The van der Waals surface area contributed by atoms with Crippen LogP contribution in [0.5, 0.6) is 0 Å². The number of nitrogens with zero attached hydrogens (tertiary/aromatic N) is 1. The molecule has 0 aromatic heterocycles. The Morgan fingerprint density at radius 3 is 2.50 bits per heavy atom. The monoisotopic (exact) mass is 155 g/mol. The largest absolute Gasteiger partial charge is 0.261 e. The Labute approximate surface area is 66.9 Å².